The van der Waals surface area contributed by atoms with Gasteiger partial charge in [0.2, 0.25) is 5.88 Å². The van der Waals surface area contributed by atoms with E-state index >= 15 is 0 Å². The molecule has 2 aliphatic rings. The highest BCUT2D eigenvalue weighted by Gasteiger charge is 2.25. The van der Waals surface area contributed by atoms with E-state index in [0.717, 1.165) is 55.5 Å². The molecule has 8 heteroatoms. The quantitative estimate of drug-likeness (QED) is 0.662. The first-order chi connectivity index (χ1) is 15.8. The molecular formula is C24H27N5O3. The van der Waals surface area contributed by atoms with Gasteiger partial charge in [0.15, 0.2) is 0 Å². The number of ether oxygens (including phenoxy) is 2. The molecule has 1 N–H and O–H groups in total. The lowest BCUT2D eigenvalue weighted by Crippen LogP contribution is -2.40. The second-order valence-corrected chi connectivity index (χ2v) is 8.26. The topological polar surface area (TPSA) is 89.5 Å². The van der Waals surface area contributed by atoms with Gasteiger partial charge in [-0.25, -0.2) is 0 Å². The molecule has 166 valence electrons. The van der Waals surface area contributed by atoms with E-state index in [1.807, 2.05) is 18.2 Å². The summed E-state index contributed by atoms with van der Waals surface area (Å²) in [6.45, 7) is 3.03. The monoisotopic (exact) mass is 433 g/mol. The van der Waals surface area contributed by atoms with Gasteiger partial charge in [0.1, 0.15) is 11.9 Å². The zero-order valence-corrected chi connectivity index (χ0v) is 17.9. The lowest BCUT2D eigenvalue weighted by atomic mass is 9.92. The third kappa shape index (κ3) is 4.65. The van der Waals surface area contributed by atoms with E-state index in [0.29, 0.717) is 24.7 Å². The maximum atomic E-state index is 12.4. The van der Waals surface area contributed by atoms with Crippen molar-refractivity contribution in [2.45, 2.75) is 37.8 Å². The van der Waals surface area contributed by atoms with Gasteiger partial charge in [-0.3, -0.25) is 14.8 Å². The van der Waals surface area contributed by atoms with E-state index in [9.17, 15) is 4.79 Å². The molecule has 1 amide bonds. The number of aromatic nitrogens is 3. The molecule has 2 fully saturated rings. The predicted molar refractivity (Wildman–Crippen MR) is 121 cm³/mol. The number of anilines is 1. The fourth-order valence-corrected chi connectivity index (χ4v) is 4.33. The van der Waals surface area contributed by atoms with Crippen molar-refractivity contribution in [2.24, 2.45) is 0 Å². The summed E-state index contributed by atoms with van der Waals surface area (Å²) in [7, 11) is 0. The van der Waals surface area contributed by atoms with Gasteiger partial charge in [0, 0.05) is 43.8 Å². The Morgan fingerprint density at radius 1 is 1.09 bits per heavy atom. The van der Waals surface area contributed by atoms with Crippen molar-refractivity contribution in [3.05, 3.63) is 54.5 Å². The Hall–Kier alpha value is -3.26. The summed E-state index contributed by atoms with van der Waals surface area (Å²) in [4.78, 5) is 28.0. The van der Waals surface area contributed by atoms with Crippen molar-refractivity contribution in [3.8, 4) is 5.88 Å². The van der Waals surface area contributed by atoms with Crippen LogP contribution in [-0.4, -0.2) is 59.3 Å². The number of hydrogen-bond acceptors (Lipinski definition) is 7. The number of carbonyl (C=O) groups is 1. The second-order valence-electron chi connectivity index (χ2n) is 8.26. The summed E-state index contributed by atoms with van der Waals surface area (Å²) in [6, 6.07) is 9.65. The van der Waals surface area contributed by atoms with Gasteiger partial charge < -0.3 is 19.7 Å². The van der Waals surface area contributed by atoms with Crippen LogP contribution in [0.25, 0.3) is 10.9 Å². The number of amides is 1. The van der Waals surface area contributed by atoms with E-state index in [-0.39, 0.29) is 18.1 Å². The van der Waals surface area contributed by atoms with Crippen LogP contribution in [0, 0.1) is 0 Å². The maximum Gasteiger partial charge on any atom is 0.253 e. The average Bonchev–Trinajstić information content (AvgIpc) is 2.86. The number of pyridine rings is 3. The summed E-state index contributed by atoms with van der Waals surface area (Å²) in [5, 5.41) is 4.05. The Morgan fingerprint density at radius 3 is 2.69 bits per heavy atom. The molecule has 1 saturated heterocycles. The fourth-order valence-electron chi connectivity index (χ4n) is 4.33. The van der Waals surface area contributed by atoms with Crippen LogP contribution < -0.4 is 15.0 Å². The van der Waals surface area contributed by atoms with E-state index in [2.05, 4.69) is 20.2 Å². The third-order valence-electron chi connectivity index (χ3n) is 6.10. The van der Waals surface area contributed by atoms with Gasteiger partial charge in [0.25, 0.3) is 5.91 Å². The van der Waals surface area contributed by atoms with E-state index in [1.54, 1.807) is 30.7 Å². The van der Waals surface area contributed by atoms with Crippen LogP contribution >= 0.6 is 0 Å². The van der Waals surface area contributed by atoms with Crippen molar-refractivity contribution in [1.29, 1.82) is 0 Å². The summed E-state index contributed by atoms with van der Waals surface area (Å²) >= 11 is 0. The van der Waals surface area contributed by atoms with Crippen LogP contribution in [0.1, 0.15) is 36.0 Å². The minimum atomic E-state index is -0.0700. The Bertz CT molecular complexity index is 1060. The highest BCUT2D eigenvalue weighted by molar-refractivity contribution is 5.94. The largest absolute Gasteiger partial charge is 0.474 e. The standard InChI is InChI=1S/C24H27N5O3/c30-23(17-3-1-9-25-16-17)27-18-5-7-19(8-6-18)32-24-20-4-2-10-26-21(20)15-22(28-24)29-11-13-31-14-12-29/h1-4,9-10,15-16,18-19H,5-8,11-14H2,(H,27,30). The molecule has 4 heterocycles. The van der Waals surface area contributed by atoms with Crippen LogP contribution in [0.15, 0.2) is 48.9 Å². The Labute approximate surface area is 187 Å². The molecule has 0 aromatic carbocycles. The Morgan fingerprint density at radius 2 is 1.91 bits per heavy atom. The Balaban J connectivity index is 1.25. The number of fused-ring (bicyclic) bond motifs is 1. The minimum Gasteiger partial charge on any atom is -0.474 e. The number of hydrogen-bond donors (Lipinski definition) is 1. The summed E-state index contributed by atoms with van der Waals surface area (Å²) in [5.74, 6) is 1.45. The molecule has 0 spiro atoms. The number of nitrogens with zero attached hydrogens (tertiary/aromatic N) is 4. The highest BCUT2D eigenvalue weighted by Crippen LogP contribution is 2.31. The summed E-state index contributed by atoms with van der Waals surface area (Å²) in [5.41, 5.74) is 1.48. The molecule has 8 nitrogen and oxygen atoms in total. The number of nitrogens with one attached hydrogen (secondary N) is 1. The first kappa shape index (κ1) is 20.6. The first-order valence-electron chi connectivity index (χ1n) is 11.2. The second kappa shape index (κ2) is 9.48. The zero-order valence-electron chi connectivity index (χ0n) is 17.9. The lowest BCUT2D eigenvalue weighted by Gasteiger charge is -2.31. The first-order valence-corrected chi connectivity index (χ1v) is 11.2. The van der Waals surface area contributed by atoms with Gasteiger partial charge in [-0.1, -0.05) is 0 Å². The highest BCUT2D eigenvalue weighted by atomic mass is 16.5. The van der Waals surface area contributed by atoms with Crippen molar-refractivity contribution >= 4 is 22.6 Å². The van der Waals surface area contributed by atoms with E-state index < -0.39 is 0 Å². The SMILES string of the molecule is O=C(NC1CCC(Oc2nc(N3CCOCC3)cc3ncccc23)CC1)c1cccnc1. The third-order valence-corrected chi connectivity index (χ3v) is 6.10. The van der Waals surface area contributed by atoms with Gasteiger partial charge >= 0.3 is 0 Å². The molecule has 1 aliphatic carbocycles. The molecule has 32 heavy (non-hydrogen) atoms. The summed E-state index contributed by atoms with van der Waals surface area (Å²) < 4.78 is 11.9. The van der Waals surface area contributed by atoms with Crippen molar-refractivity contribution < 1.29 is 14.3 Å². The molecule has 0 radical (unpaired) electrons. The average molecular weight is 434 g/mol. The molecule has 1 aliphatic heterocycles. The smallest absolute Gasteiger partial charge is 0.253 e. The van der Waals surface area contributed by atoms with Crippen LogP contribution in [0.2, 0.25) is 0 Å². The zero-order chi connectivity index (χ0) is 21.8. The van der Waals surface area contributed by atoms with Crippen molar-refractivity contribution in [1.82, 2.24) is 20.3 Å². The Kier molecular flexibility index (Phi) is 6.11. The molecular weight excluding hydrogens is 406 g/mol. The van der Waals surface area contributed by atoms with Crippen LogP contribution in [-0.2, 0) is 4.74 Å². The predicted octanol–water partition coefficient (Wildman–Crippen LogP) is 2.98. The summed E-state index contributed by atoms with van der Waals surface area (Å²) in [6.07, 6.45) is 8.60. The fraction of sp³-hybridized carbons (Fsp3) is 0.417. The molecule has 0 bridgehead atoms. The van der Waals surface area contributed by atoms with E-state index in [1.165, 1.54) is 0 Å². The number of carbonyl (C=O) groups excluding carboxylic acids is 1. The van der Waals surface area contributed by atoms with Crippen LogP contribution in [0.4, 0.5) is 5.82 Å². The molecule has 3 aromatic heterocycles. The van der Waals surface area contributed by atoms with Crippen molar-refractivity contribution in [3.63, 3.8) is 0 Å². The lowest BCUT2D eigenvalue weighted by molar-refractivity contribution is 0.0891. The molecule has 5 rings (SSSR count). The molecule has 0 unspecified atom stereocenters. The van der Waals surface area contributed by atoms with Gasteiger partial charge in [-0.05, 0) is 49.9 Å². The van der Waals surface area contributed by atoms with Gasteiger partial charge in [-0.15, -0.1) is 0 Å². The normalized spacial score (nSPS) is 21.3. The van der Waals surface area contributed by atoms with Crippen molar-refractivity contribution in [2.75, 3.05) is 31.2 Å². The van der Waals surface area contributed by atoms with Gasteiger partial charge in [-0.2, -0.15) is 4.98 Å². The molecule has 1 saturated carbocycles. The molecule has 0 atom stereocenters. The van der Waals surface area contributed by atoms with E-state index in [4.69, 9.17) is 14.5 Å². The number of morpholine rings is 1. The minimum absolute atomic E-state index is 0.0670. The molecule has 3 aromatic rings. The number of rotatable bonds is 5. The van der Waals surface area contributed by atoms with Gasteiger partial charge in [0.05, 0.1) is 29.7 Å². The van der Waals surface area contributed by atoms with Crippen LogP contribution in [0.5, 0.6) is 5.88 Å². The van der Waals surface area contributed by atoms with Crippen LogP contribution in [0.3, 0.4) is 0 Å². The maximum absolute atomic E-state index is 12.4.